The van der Waals surface area contributed by atoms with Crippen LogP contribution in [0, 0.1) is 6.92 Å². The maximum Gasteiger partial charge on any atom is 0.314 e. The van der Waals surface area contributed by atoms with Gasteiger partial charge in [-0.1, -0.05) is 42.8 Å². The van der Waals surface area contributed by atoms with Crippen LogP contribution in [-0.4, -0.2) is 27.5 Å². The molecule has 0 aliphatic rings. The molecule has 0 aliphatic heterocycles. The van der Waals surface area contributed by atoms with Crippen molar-refractivity contribution < 1.29 is 13.2 Å². The predicted octanol–water partition coefficient (Wildman–Crippen LogP) is 3.28. The number of rotatable bonds is 7. The van der Waals surface area contributed by atoms with Gasteiger partial charge in [-0.2, -0.15) is 0 Å². The summed E-state index contributed by atoms with van der Waals surface area (Å²) in [6.45, 7) is 4.48. The van der Waals surface area contributed by atoms with Crippen molar-refractivity contribution in [3.8, 4) is 0 Å². The number of amides is 2. The first-order valence-corrected chi connectivity index (χ1v) is 10.2. The molecule has 1 aromatic carbocycles. The van der Waals surface area contributed by atoms with Gasteiger partial charge in [0, 0.05) is 13.1 Å². The number of benzene rings is 1. The minimum absolute atomic E-state index is 0.0266. The molecule has 0 unspecified atom stereocenters. The lowest BCUT2D eigenvalue weighted by atomic mass is 10.1. The Bertz CT molecular complexity index is 754. The summed E-state index contributed by atoms with van der Waals surface area (Å²) in [5.41, 5.74) is 1.73. The summed E-state index contributed by atoms with van der Waals surface area (Å²) in [5.74, 6) is 0. The van der Waals surface area contributed by atoms with E-state index in [-0.39, 0.29) is 12.6 Å². The Balaban J connectivity index is 2.25. The van der Waals surface area contributed by atoms with Crippen molar-refractivity contribution in [3.63, 3.8) is 0 Å². The number of nitrogens with one attached hydrogen (secondary N) is 2. The maximum atomic E-state index is 12.9. The Labute approximate surface area is 147 Å². The second-order valence-electron chi connectivity index (χ2n) is 5.51. The van der Waals surface area contributed by atoms with Crippen LogP contribution in [0.2, 0.25) is 0 Å². The van der Waals surface area contributed by atoms with Gasteiger partial charge in [-0.15, -0.1) is 11.3 Å². The van der Waals surface area contributed by atoms with Gasteiger partial charge in [0.05, 0.1) is 0 Å². The smallest absolute Gasteiger partial charge is 0.314 e. The van der Waals surface area contributed by atoms with Crippen LogP contribution in [0.1, 0.15) is 29.7 Å². The van der Waals surface area contributed by atoms with Gasteiger partial charge in [-0.25, -0.2) is 13.2 Å². The number of hydrogen-bond donors (Lipinski definition) is 2. The molecule has 0 saturated carbocycles. The van der Waals surface area contributed by atoms with Gasteiger partial charge < -0.3 is 10.6 Å². The molecule has 0 fully saturated rings. The van der Waals surface area contributed by atoms with E-state index in [2.05, 4.69) is 10.6 Å². The molecule has 7 heteroatoms. The van der Waals surface area contributed by atoms with E-state index in [4.69, 9.17) is 0 Å². The van der Waals surface area contributed by atoms with E-state index in [1.165, 1.54) is 11.3 Å². The maximum absolute atomic E-state index is 12.9. The lowest BCUT2D eigenvalue weighted by Gasteiger charge is -2.18. The van der Waals surface area contributed by atoms with E-state index < -0.39 is 15.1 Å². The summed E-state index contributed by atoms with van der Waals surface area (Å²) in [6, 6.07) is 10.3. The first kappa shape index (κ1) is 18.5. The Morgan fingerprint density at radius 2 is 1.88 bits per heavy atom. The summed E-state index contributed by atoms with van der Waals surface area (Å²) in [4.78, 5) is 11.8. The second kappa shape index (κ2) is 8.30. The SMILES string of the molecule is CCCNC(=O)NC[C@@H](c1ccc(C)cc1)S(=O)(=O)c1cccs1. The molecular formula is C17H22N2O3S2. The Kier molecular flexibility index (Phi) is 6.39. The Morgan fingerprint density at radius 3 is 2.46 bits per heavy atom. The van der Waals surface area contributed by atoms with Crippen LogP contribution in [0.5, 0.6) is 0 Å². The highest BCUT2D eigenvalue weighted by Crippen LogP contribution is 2.31. The van der Waals surface area contributed by atoms with Crippen molar-refractivity contribution in [1.29, 1.82) is 0 Å². The molecular weight excluding hydrogens is 344 g/mol. The standard InChI is InChI=1S/C17H22N2O3S2/c1-3-10-18-17(20)19-12-15(14-8-6-13(2)7-9-14)24(21,22)16-5-4-11-23-16/h4-9,11,15H,3,10,12H2,1-2H3,(H2,18,19,20)/t15-/m0/s1. The van der Waals surface area contributed by atoms with Gasteiger partial charge in [-0.3, -0.25) is 0 Å². The normalized spacial score (nSPS) is 12.6. The van der Waals surface area contributed by atoms with Crippen LogP contribution in [0.15, 0.2) is 46.0 Å². The zero-order valence-electron chi connectivity index (χ0n) is 13.8. The quantitative estimate of drug-likeness (QED) is 0.790. The molecule has 1 aromatic heterocycles. The molecule has 2 rings (SSSR count). The molecule has 0 saturated heterocycles. The molecule has 130 valence electrons. The van der Waals surface area contributed by atoms with Crippen molar-refractivity contribution in [2.45, 2.75) is 29.7 Å². The van der Waals surface area contributed by atoms with E-state index in [1.807, 2.05) is 26.0 Å². The lowest BCUT2D eigenvalue weighted by molar-refractivity contribution is 0.241. The molecule has 2 amide bonds. The highest BCUT2D eigenvalue weighted by atomic mass is 32.2. The highest BCUT2D eigenvalue weighted by Gasteiger charge is 2.30. The van der Waals surface area contributed by atoms with Crippen LogP contribution < -0.4 is 10.6 Å². The predicted molar refractivity (Wildman–Crippen MR) is 97.1 cm³/mol. The van der Waals surface area contributed by atoms with Crippen molar-refractivity contribution >= 4 is 27.2 Å². The fourth-order valence-electron chi connectivity index (χ4n) is 2.24. The van der Waals surface area contributed by atoms with Crippen LogP contribution in [0.4, 0.5) is 4.79 Å². The highest BCUT2D eigenvalue weighted by molar-refractivity contribution is 7.93. The van der Waals surface area contributed by atoms with E-state index in [9.17, 15) is 13.2 Å². The average Bonchev–Trinajstić information content (AvgIpc) is 3.10. The first-order valence-electron chi connectivity index (χ1n) is 7.80. The number of carbonyl (C=O) groups excluding carboxylic acids is 1. The molecule has 1 heterocycles. The summed E-state index contributed by atoms with van der Waals surface area (Å²) < 4.78 is 26.2. The fraction of sp³-hybridized carbons (Fsp3) is 0.353. The number of hydrogen-bond acceptors (Lipinski definition) is 4. The molecule has 0 spiro atoms. The van der Waals surface area contributed by atoms with Gasteiger partial charge in [0.1, 0.15) is 9.46 Å². The summed E-state index contributed by atoms with van der Waals surface area (Å²) in [6.07, 6.45) is 0.822. The van der Waals surface area contributed by atoms with E-state index in [1.54, 1.807) is 29.6 Å². The zero-order valence-corrected chi connectivity index (χ0v) is 15.4. The van der Waals surface area contributed by atoms with Gasteiger partial charge in [-0.05, 0) is 30.4 Å². The first-order chi connectivity index (χ1) is 11.4. The van der Waals surface area contributed by atoms with E-state index in [0.717, 1.165) is 12.0 Å². The lowest BCUT2D eigenvalue weighted by Crippen LogP contribution is -2.39. The molecule has 0 radical (unpaired) electrons. The van der Waals surface area contributed by atoms with Crippen LogP contribution >= 0.6 is 11.3 Å². The number of sulfone groups is 1. The molecule has 2 aromatic rings. The third-order valence-corrected chi connectivity index (χ3v) is 7.11. The van der Waals surface area contributed by atoms with Gasteiger partial charge >= 0.3 is 6.03 Å². The fourth-order valence-corrected chi connectivity index (χ4v) is 5.11. The largest absolute Gasteiger partial charge is 0.338 e. The van der Waals surface area contributed by atoms with Crippen molar-refractivity contribution in [3.05, 3.63) is 52.9 Å². The van der Waals surface area contributed by atoms with Gasteiger partial charge in [0.15, 0.2) is 9.84 Å². The van der Waals surface area contributed by atoms with Crippen molar-refractivity contribution in [2.24, 2.45) is 0 Å². The Hall–Kier alpha value is -1.86. The number of thiophene rings is 1. The minimum Gasteiger partial charge on any atom is -0.338 e. The van der Waals surface area contributed by atoms with Crippen molar-refractivity contribution in [1.82, 2.24) is 10.6 Å². The molecule has 0 bridgehead atoms. The van der Waals surface area contributed by atoms with Gasteiger partial charge in [0.2, 0.25) is 0 Å². The topological polar surface area (TPSA) is 75.3 Å². The monoisotopic (exact) mass is 366 g/mol. The molecule has 0 aliphatic carbocycles. The molecule has 24 heavy (non-hydrogen) atoms. The number of carbonyl (C=O) groups is 1. The summed E-state index contributed by atoms with van der Waals surface area (Å²) in [5, 5.41) is 6.29. The van der Waals surface area contributed by atoms with Crippen molar-refractivity contribution in [2.75, 3.05) is 13.1 Å². The number of aryl methyl sites for hydroxylation is 1. The zero-order chi connectivity index (χ0) is 17.6. The minimum atomic E-state index is -3.56. The van der Waals surface area contributed by atoms with E-state index >= 15 is 0 Å². The molecule has 5 nitrogen and oxygen atoms in total. The molecule has 1 atom stereocenters. The third kappa shape index (κ3) is 4.58. The summed E-state index contributed by atoms with van der Waals surface area (Å²) >= 11 is 1.19. The van der Waals surface area contributed by atoms with Gasteiger partial charge in [0.25, 0.3) is 0 Å². The average molecular weight is 367 g/mol. The van der Waals surface area contributed by atoms with Crippen LogP contribution in [-0.2, 0) is 9.84 Å². The van der Waals surface area contributed by atoms with Crippen LogP contribution in [0.25, 0.3) is 0 Å². The second-order valence-corrected chi connectivity index (χ2v) is 8.82. The third-order valence-electron chi connectivity index (χ3n) is 3.58. The Morgan fingerprint density at radius 1 is 1.17 bits per heavy atom. The van der Waals surface area contributed by atoms with Crippen LogP contribution in [0.3, 0.4) is 0 Å². The van der Waals surface area contributed by atoms with E-state index in [0.29, 0.717) is 16.3 Å². The number of urea groups is 1. The molecule has 2 N–H and O–H groups in total. The summed E-state index contributed by atoms with van der Waals surface area (Å²) in [7, 11) is -3.56.